The molecule has 1 unspecified atom stereocenters. The molecule has 0 amide bonds. The fraction of sp³-hybridized carbons (Fsp3) is 0.692. The Morgan fingerprint density at radius 2 is 2.17 bits per heavy atom. The molecule has 1 fully saturated rings. The second-order valence-electron chi connectivity index (χ2n) is 5.32. The molecule has 0 aromatic carbocycles. The minimum absolute atomic E-state index is 0.173. The van der Waals surface area contributed by atoms with E-state index < -0.39 is 0 Å². The van der Waals surface area contributed by atoms with Crippen molar-refractivity contribution in [1.29, 1.82) is 0 Å². The van der Waals surface area contributed by atoms with Gasteiger partial charge in [0.2, 0.25) is 0 Å². The van der Waals surface area contributed by atoms with Crippen LogP contribution in [-0.2, 0) is 0 Å². The summed E-state index contributed by atoms with van der Waals surface area (Å²) in [4.78, 5) is 8.79. The van der Waals surface area contributed by atoms with Gasteiger partial charge < -0.3 is 16.2 Å². The summed E-state index contributed by atoms with van der Waals surface area (Å²) in [7, 11) is 0. The van der Waals surface area contributed by atoms with Gasteiger partial charge in [0.15, 0.2) is 0 Å². The van der Waals surface area contributed by atoms with E-state index in [9.17, 15) is 0 Å². The molecule has 1 heterocycles. The number of nitrogens with one attached hydrogen (secondary N) is 1. The summed E-state index contributed by atoms with van der Waals surface area (Å²) < 4.78 is 0. The molecule has 0 spiro atoms. The van der Waals surface area contributed by atoms with E-state index in [0.717, 1.165) is 24.5 Å². The highest BCUT2D eigenvalue weighted by Crippen LogP contribution is 2.38. The van der Waals surface area contributed by atoms with Gasteiger partial charge >= 0.3 is 0 Å². The van der Waals surface area contributed by atoms with Gasteiger partial charge in [-0.25, -0.2) is 9.97 Å². The Hall–Kier alpha value is -1.36. The van der Waals surface area contributed by atoms with Gasteiger partial charge in [-0.1, -0.05) is 13.8 Å². The molecular weight excluding hydrogens is 228 g/mol. The van der Waals surface area contributed by atoms with Crippen LogP contribution in [0.1, 0.15) is 44.9 Å². The zero-order chi connectivity index (χ0) is 13.1. The molecule has 100 valence electrons. The minimum atomic E-state index is 0.173. The second kappa shape index (κ2) is 5.52. The first-order chi connectivity index (χ1) is 8.60. The average molecular weight is 250 g/mol. The summed E-state index contributed by atoms with van der Waals surface area (Å²) in [5.41, 5.74) is 5.81. The van der Waals surface area contributed by atoms with E-state index in [4.69, 9.17) is 10.8 Å². The van der Waals surface area contributed by atoms with E-state index in [1.165, 1.54) is 0 Å². The Morgan fingerprint density at radius 3 is 2.72 bits per heavy atom. The fourth-order valence-electron chi connectivity index (χ4n) is 1.98. The zero-order valence-electron chi connectivity index (χ0n) is 11.1. The molecule has 1 aromatic heterocycles. The summed E-state index contributed by atoms with van der Waals surface area (Å²) in [6.07, 6.45) is 3.03. The van der Waals surface area contributed by atoms with Gasteiger partial charge in [-0.15, -0.1) is 0 Å². The molecule has 5 heteroatoms. The maximum absolute atomic E-state index is 9.07. The molecule has 0 bridgehead atoms. The topological polar surface area (TPSA) is 84.1 Å². The molecule has 0 aliphatic heterocycles. The third-order valence-electron chi connectivity index (χ3n) is 3.28. The number of nitrogens with two attached hydrogens (primary N) is 1. The molecule has 0 saturated heterocycles. The van der Waals surface area contributed by atoms with Crippen molar-refractivity contribution < 1.29 is 5.11 Å². The fourth-order valence-corrected chi connectivity index (χ4v) is 1.98. The highest BCUT2D eigenvalue weighted by Gasteiger charge is 2.27. The number of aliphatic hydroxyl groups excluding tert-OH is 1. The normalized spacial score (nSPS) is 16.9. The Labute approximate surface area is 108 Å². The minimum Gasteiger partial charge on any atom is -0.396 e. The van der Waals surface area contributed by atoms with E-state index in [0.29, 0.717) is 24.1 Å². The van der Waals surface area contributed by atoms with Crippen molar-refractivity contribution in [3.63, 3.8) is 0 Å². The first kappa shape index (κ1) is 13.1. The third kappa shape index (κ3) is 3.32. The quantitative estimate of drug-likeness (QED) is 0.716. The Bertz CT molecular complexity index is 404. The predicted octanol–water partition coefficient (Wildman–Crippen LogP) is 1.76. The lowest BCUT2D eigenvalue weighted by atomic mass is 10.0. The summed E-state index contributed by atoms with van der Waals surface area (Å²) in [6.45, 7) is 4.42. The van der Waals surface area contributed by atoms with E-state index in [-0.39, 0.29) is 12.6 Å². The number of anilines is 2. The van der Waals surface area contributed by atoms with Gasteiger partial charge in [0, 0.05) is 24.6 Å². The van der Waals surface area contributed by atoms with Crippen LogP contribution in [0.3, 0.4) is 0 Å². The van der Waals surface area contributed by atoms with Crippen LogP contribution in [0, 0.1) is 5.92 Å². The van der Waals surface area contributed by atoms with E-state index in [1.54, 1.807) is 6.07 Å². The van der Waals surface area contributed by atoms with Crippen molar-refractivity contribution in [3.05, 3.63) is 11.9 Å². The zero-order valence-corrected chi connectivity index (χ0v) is 11.1. The van der Waals surface area contributed by atoms with Crippen LogP contribution in [0.5, 0.6) is 0 Å². The molecule has 1 saturated carbocycles. The SMILES string of the molecule is CC(C)C(CCO)Nc1cc(N)nc(C2CC2)n1. The van der Waals surface area contributed by atoms with Gasteiger partial charge in [0.25, 0.3) is 0 Å². The van der Waals surface area contributed by atoms with Gasteiger partial charge in [-0.3, -0.25) is 0 Å². The highest BCUT2D eigenvalue weighted by molar-refractivity contribution is 5.46. The molecule has 5 nitrogen and oxygen atoms in total. The van der Waals surface area contributed by atoms with Crippen LogP contribution < -0.4 is 11.1 Å². The van der Waals surface area contributed by atoms with E-state index in [1.807, 2.05) is 0 Å². The average Bonchev–Trinajstić information content (AvgIpc) is 3.11. The first-order valence-electron chi connectivity index (χ1n) is 6.62. The van der Waals surface area contributed by atoms with Crippen LogP contribution in [-0.4, -0.2) is 27.7 Å². The van der Waals surface area contributed by atoms with Gasteiger partial charge in [-0.05, 0) is 25.2 Å². The van der Waals surface area contributed by atoms with Crippen molar-refractivity contribution in [3.8, 4) is 0 Å². The van der Waals surface area contributed by atoms with Crippen molar-refractivity contribution >= 4 is 11.6 Å². The van der Waals surface area contributed by atoms with Crippen LogP contribution in [0.25, 0.3) is 0 Å². The van der Waals surface area contributed by atoms with Crippen LogP contribution in [0.4, 0.5) is 11.6 Å². The lowest BCUT2D eigenvalue weighted by Gasteiger charge is -2.22. The lowest BCUT2D eigenvalue weighted by molar-refractivity contribution is 0.267. The maximum Gasteiger partial charge on any atom is 0.136 e. The molecule has 1 aliphatic rings. The van der Waals surface area contributed by atoms with Gasteiger partial charge in [-0.2, -0.15) is 0 Å². The Balaban J connectivity index is 2.11. The van der Waals surface area contributed by atoms with Crippen molar-refractivity contribution in [2.24, 2.45) is 5.92 Å². The molecule has 0 radical (unpaired) electrons. The smallest absolute Gasteiger partial charge is 0.136 e. The summed E-state index contributed by atoms with van der Waals surface area (Å²) in [5.74, 6) is 3.06. The molecule has 2 rings (SSSR count). The largest absolute Gasteiger partial charge is 0.396 e. The predicted molar refractivity (Wildman–Crippen MR) is 72.4 cm³/mol. The third-order valence-corrected chi connectivity index (χ3v) is 3.28. The first-order valence-corrected chi connectivity index (χ1v) is 6.62. The second-order valence-corrected chi connectivity index (χ2v) is 5.32. The molecule has 18 heavy (non-hydrogen) atoms. The number of hydrogen-bond acceptors (Lipinski definition) is 5. The van der Waals surface area contributed by atoms with Crippen molar-refractivity contribution in [2.45, 2.75) is 45.1 Å². The molecule has 1 aliphatic carbocycles. The van der Waals surface area contributed by atoms with E-state index >= 15 is 0 Å². The summed E-state index contributed by atoms with van der Waals surface area (Å²) in [5, 5.41) is 12.4. The number of aromatic nitrogens is 2. The van der Waals surface area contributed by atoms with Crippen LogP contribution in [0.2, 0.25) is 0 Å². The lowest BCUT2D eigenvalue weighted by Crippen LogP contribution is -2.27. The molecule has 1 atom stereocenters. The summed E-state index contributed by atoms with van der Waals surface area (Å²) in [6, 6.07) is 1.97. The van der Waals surface area contributed by atoms with Crippen molar-refractivity contribution in [1.82, 2.24) is 9.97 Å². The monoisotopic (exact) mass is 250 g/mol. The number of hydrogen-bond donors (Lipinski definition) is 3. The number of aliphatic hydroxyl groups is 1. The number of rotatable bonds is 6. The highest BCUT2D eigenvalue weighted by atomic mass is 16.3. The Kier molecular flexibility index (Phi) is 4.01. The van der Waals surface area contributed by atoms with E-state index in [2.05, 4.69) is 29.1 Å². The van der Waals surface area contributed by atoms with Gasteiger partial charge in [0.1, 0.15) is 17.5 Å². The van der Waals surface area contributed by atoms with Crippen molar-refractivity contribution in [2.75, 3.05) is 17.7 Å². The van der Waals surface area contributed by atoms with Crippen LogP contribution >= 0.6 is 0 Å². The molecular formula is C13H22N4O. The molecule has 1 aromatic rings. The van der Waals surface area contributed by atoms with Crippen LogP contribution in [0.15, 0.2) is 6.07 Å². The maximum atomic E-state index is 9.07. The van der Waals surface area contributed by atoms with Gasteiger partial charge in [0.05, 0.1) is 0 Å². The Morgan fingerprint density at radius 1 is 1.44 bits per heavy atom. The summed E-state index contributed by atoms with van der Waals surface area (Å²) >= 11 is 0. The number of nitrogens with zero attached hydrogens (tertiary/aromatic N) is 2. The standard InChI is InChI=1S/C13H22N4O/c1-8(2)10(5-6-18)15-12-7-11(14)16-13(17-12)9-3-4-9/h7-10,18H,3-6H2,1-2H3,(H3,14,15,16,17). The molecule has 4 N–H and O–H groups in total. The number of nitrogen functional groups attached to an aromatic ring is 1.